The molecule has 2 rings (SSSR count). The van der Waals surface area contributed by atoms with Crippen LogP contribution in [0.25, 0.3) is 10.6 Å². The van der Waals surface area contributed by atoms with Gasteiger partial charge in [0.25, 0.3) is 0 Å². The van der Waals surface area contributed by atoms with Gasteiger partial charge in [0.05, 0.1) is 0 Å². The maximum absolute atomic E-state index is 8.78. The molecule has 0 N–H and O–H groups in total. The molecule has 1 atom stereocenters. The van der Waals surface area contributed by atoms with Crippen molar-refractivity contribution >= 4 is 23.1 Å². The second kappa shape index (κ2) is 6.66. The Kier molecular flexibility index (Phi) is 4.91. The molecule has 1 aromatic heterocycles. The number of aromatic nitrogens is 2. The Bertz CT molecular complexity index is 574. The number of aryl methyl sites for hydroxylation is 1. The number of thioether (sulfide) groups is 1. The number of nitrogens with zero attached hydrogens (tertiary/aromatic N) is 3. The van der Waals surface area contributed by atoms with Gasteiger partial charge < -0.3 is 4.74 Å². The molecule has 0 aliphatic rings. The third kappa shape index (κ3) is 3.53. The van der Waals surface area contributed by atoms with Crippen molar-refractivity contribution in [2.24, 2.45) is 0 Å². The number of hydrogen-bond donors (Lipinski definition) is 0. The van der Waals surface area contributed by atoms with Crippen molar-refractivity contribution in [1.29, 1.82) is 5.26 Å². The fourth-order valence-corrected chi connectivity index (χ4v) is 2.88. The van der Waals surface area contributed by atoms with Crippen molar-refractivity contribution in [3.05, 3.63) is 34.8 Å². The molecule has 0 aliphatic heterocycles. The summed E-state index contributed by atoms with van der Waals surface area (Å²) < 4.78 is 5.53. The third-order valence-electron chi connectivity index (χ3n) is 2.43. The van der Waals surface area contributed by atoms with Crippen LogP contribution in [-0.2, 0) is 4.74 Å². The number of ether oxygens (including phenoxy) is 1. The van der Waals surface area contributed by atoms with Crippen LogP contribution in [0, 0.1) is 17.6 Å². The first-order chi connectivity index (χ1) is 9.24. The summed E-state index contributed by atoms with van der Waals surface area (Å²) in [4.78, 5) is 0. The minimum Gasteiger partial charge on any atom is -0.362 e. The van der Waals surface area contributed by atoms with Crippen molar-refractivity contribution in [1.82, 2.24) is 10.2 Å². The van der Waals surface area contributed by atoms with E-state index in [9.17, 15) is 0 Å². The van der Waals surface area contributed by atoms with Crippen LogP contribution in [0.3, 0.4) is 0 Å². The lowest BCUT2D eigenvalue weighted by atomic mass is 10.1. The van der Waals surface area contributed by atoms with E-state index in [1.807, 2.05) is 38.1 Å². The van der Waals surface area contributed by atoms with Gasteiger partial charge >= 0.3 is 0 Å². The van der Waals surface area contributed by atoms with E-state index in [-0.39, 0.29) is 5.44 Å². The fraction of sp³-hybridized carbons (Fsp3) is 0.308. The fourth-order valence-electron chi connectivity index (χ4n) is 1.59. The molecule has 1 unspecified atom stereocenters. The van der Waals surface area contributed by atoms with E-state index in [1.165, 1.54) is 0 Å². The average molecular weight is 291 g/mol. The molecule has 0 aliphatic carbocycles. The van der Waals surface area contributed by atoms with E-state index < -0.39 is 0 Å². The van der Waals surface area contributed by atoms with E-state index in [2.05, 4.69) is 15.6 Å². The predicted molar refractivity (Wildman–Crippen MR) is 77.7 cm³/mol. The minimum absolute atomic E-state index is 0.236. The third-order valence-corrected chi connectivity index (χ3v) is 4.05. The summed E-state index contributed by atoms with van der Waals surface area (Å²) in [6.07, 6.45) is 0. The molecule has 0 fully saturated rings. The Balaban J connectivity index is 2.19. The van der Waals surface area contributed by atoms with Crippen LogP contribution in [-0.4, -0.2) is 16.8 Å². The molecular weight excluding hydrogens is 278 g/mol. The van der Waals surface area contributed by atoms with Crippen molar-refractivity contribution in [3.63, 3.8) is 0 Å². The summed E-state index contributed by atoms with van der Waals surface area (Å²) >= 11 is 2.68. The van der Waals surface area contributed by atoms with Crippen LogP contribution in [0.5, 0.6) is 0 Å². The second-order valence-electron chi connectivity index (χ2n) is 3.74. The largest absolute Gasteiger partial charge is 0.362 e. The Morgan fingerprint density at radius 3 is 2.63 bits per heavy atom. The highest BCUT2D eigenvalue weighted by Crippen LogP contribution is 2.31. The van der Waals surface area contributed by atoms with E-state index in [4.69, 9.17) is 10.00 Å². The van der Waals surface area contributed by atoms with Crippen LogP contribution >= 0.6 is 23.1 Å². The van der Waals surface area contributed by atoms with Gasteiger partial charge in [0, 0.05) is 12.2 Å². The molecule has 0 bridgehead atoms. The van der Waals surface area contributed by atoms with E-state index in [1.54, 1.807) is 11.3 Å². The molecule has 2 aromatic rings. The summed E-state index contributed by atoms with van der Waals surface area (Å²) in [7, 11) is 0. The van der Waals surface area contributed by atoms with Crippen molar-refractivity contribution in [2.45, 2.75) is 19.3 Å². The van der Waals surface area contributed by atoms with E-state index in [0.29, 0.717) is 6.61 Å². The van der Waals surface area contributed by atoms with Crippen LogP contribution in [0.2, 0.25) is 0 Å². The zero-order chi connectivity index (χ0) is 13.7. The van der Waals surface area contributed by atoms with Crippen molar-refractivity contribution < 1.29 is 4.74 Å². The van der Waals surface area contributed by atoms with Gasteiger partial charge in [-0.15, -0.1) is 10.2 Å². The molecule has 0 saturated heterocycles. The van der Waals surface area contributed by atoms with Gasteiger partial charge in [0.1, 0.15) is 20.9 Å². The molecule has 1 aromatic carbocycles. The van der Waals surface area contributed by atoms with Gasteiger partial charge in [0.15, 0.2) is 0 Å². The number of thiocyanates is 1. The zero-order valence-corrected chi connectivity index (χ0v) is 12.3. The van der Waals surface area contributed by atoms with Crippen LogP contribution in [0.1, 0.15) is 22.9 Å². The van der Waals surface area contributed by atoms with Gasteiger partial charge in [-0.1, -0.05) is 35.6 Å². The first-order valence-corrected chi connectivity index (χ1v) is 7.51. The van der Waals surface area contributed by atoms with Gasteiger partial charge in [-0.25, -0.2) is 0 Å². The highest BCUT2D eigenvalue weighted by atomic mass is 32.2. The SMILES string of the molecule is CCOC(SC#N)c1ccc(-c2nnc(C)s2)cc1. The Labute approximate surface area is 120 Å². The zero-order valence-electron chi connectivity index (χ0n) is 10.7. The van der Waals surface area contributed by atoms with Crippen molar-refractivity contribution in [2.75, 3.05) is 6.61 Å². The van der Waals surface area contributed by atoms with E-state index in [0.717, 1.165) is 32.9 Å². The Hall–Kier alpha value is -1.42. The maximum Gasteiger partial charge on any atom is 0.147 e. The standard InChI is InChI=1S/C13H13N3OS2/c1-3-17-13(18-8-14)11-6-4-10(5-7-11)12-16-15-9(2)19-12/h4-7,13H,3H2,1-2H3. The molecule has 98 valence electrons. The average Bonchev–Trinajstić information content (AvgIpc) is 2.85. The number of benzene rings is 1. The van der Waals surface area contributed by atoms with Gasteiger partial charge in [0.2, 0.25) is 0 Å². The molecule has 0 spiro atoms. The molecule has 0 amide bonds. The molecule has 4 nitrogen and oxygen atoms in total. The first kappa shape index (κ1) is 14.0. The predicted octanol–water partition coefficient (Wildman–Crippen LogP) is 3.76. The summed E-state index contributed by atoms with van der Waals surface area (Å²) in [5.41, 5.74) is 1.78. The highest BCUT2D eigenvalue weighted by Gasteiger charge is 2.12. The second-order valence-corrected chi connectivity index (χ2v) is 5.77. The monoisotopic (exact) mass is 291 g/mol. The summed E-state index contributed by atoms with van der Waals surface area (Å²) in [6.45, 7) is 4.43. The highest BCUT2D eigenvalue weighted by molar-refractivity contribution is 8.03. The minimum atomic E-state index is -0.236. The lowest BCUT2D eigenvalue weighted by molar-refractivity contribution is 0.126. The summed E-state index contributed by atoms with van der Waals surface area (Å²) in [6, 6.07) is 7.91. The van der Waals surface area contributed by atoms with E-state index >= 15 is 0 Å². The lowest BCUT2D eigenvalue weighted by Crippen LogP contribution is -1.99. The summed E-state index contributed by atoms with van der Waals surface area (Å²) in [5, 5.41) is 20.8. The smallest absolute Gasteiger partial charge is 0.147 e. The number of nitriles is 1. The summed E-state index contributed by atoms with van der Waals surface area (Å²) in [5.74, 6) is 0. The molecular formula is C13H13N3OS2. The Morgan fingerprint density at radius 2 is 2.11 bits per heavy atom. The van der Waals surface area contributed by atoms with Crippen LogP contribution in [0.4, 0.5) is 0 Å². The van der Waals surface area contributed by atoms with Gasteiger partial charge in [-0.05, 0) is 31.2 Å². The molecule has 0 radical (unpaired) electrons. The lowest BCUT2D eigenvalue weighted by Gasteiger charge is -2.13. The quantitative estimate of drug-likeness (QED) is 0.620. The molecule has 19 heavy (non-hydrogen) atoms. The Morgan fingerprint density at radius 1 is 1.37 bits per heavy atom. The molecule has 0 saturated carbocycles. The van der Waals surface area contributed by atoms with Crippen LogP contribution in [0.15, 0.2) is 24.3 Å². The molecule has 1 heterocycles. The van der Waals surface area contributed by atoms with Gasteiger partial charge in [-0.2, -0.15) is 5.26 Å². The van der Waals surface area contributed by atoms with Crippen molar-refractivity contribution in [3.8, 4) is 16.0 Å². The van der Waals surface area contributed by atoms with Gasteiger partial charge in [-0.3, -0.25) is 0 Å². The first-order valence-electron chi connectivity index (χ1n) is 5.81. The normalized spacial score (nSPS) is 12.1. The number of rotatable bonds is 5. The molecule has 6 heteroatoms. The number of hydrogen-bond acceptors (Lipinski definition) is 6. The maximum atomic E-state index is 8.78. The topological polar surface area (TPSA) is 58.8 Å². The van der Waals surface area contributed by atoms with Crippen LogP contribution < -0.4 is 0 Å².